The van der Waals surface area contributed by atoms with Crippen LogP contribution in [0, 0.1) is 0 Å². The molecule has 0 radical (unpaired) electrons. The van der Waals surface area contributed by atoms with Gasteiger partial charge in [-0.3, -0.25) is 4.79 Å². The van der Waals surface area contributed by atoms with E-state index in [-0.39, 0.29) is 5.91 Å². The lowest BCUT2D eigenvalue weighted by Crippen LogP contribution is -2.40. The molecular formula is C19H25N3O2. The standard InChI is InChI=1S/C19H25N3O2/c23-19(20-15-18-9-6-14-24-18)16-22(17-7-2-1-3-8-17)13-12-21-10-4-5-11-21/h1-3,6-9,14H,4-5,10-13,15-16H2,(H,20,23). The fourth-order valence-corrected chi connectivity index (χ4v) is 3.03. The van der Waals surface area contributed by atoms with E-state index in [2.05, 4.69) is 27.2 Å². The molecule has 1 amide bonds. The van der Waals surface area contributed by atoms with Crippen molar-refractivity contribution in [2.75, 3.05) is 37.6 Å². The van der Waals surface area contributed by atoms with Gasteiger partial charge in [-0.15, -0.1) is 0 Å². The lowest BCUT2D eigenvalue weighted by molar-refractivity contribution is -0.120. The SMILES string of the molecule is O=C(CN(CCN1CCCC1)c1ccccc1)NCc1ccco1. The Balaban J connectivity index is 1.55. The second kappa shape index (κ2) is 8.55. The van der Waals surface area contributed by atoms with Crippen molar-refractivity contribution in [2.45, 2.75) is 19.4 Å². The van der Waals surface area contributed by atoms with E-state index in [9.17, 15) is 4.79 Å². The molecule has 5 nitrogen and oxygen atoms in total. The molecule has 0 unspecified atom stereocenters. The zero-order chi connectivity index (χ0) is 16.6. The molecule has 2 heterocycles. The number of likely N-dealkylation sites (tertiary alicyclic amines) is 1. The van der Waals surface area contributed by atoms with E-state index in [4.69, 9.17) is 4.42 Å². The number of carbonyl (C=O) groups is 1. The van der Waals surface area contributed by atoms with Crippen LogP contribution in [0.15, 0.2) is 53.1 Å². The number of benzene rings is 1. The first kappa shape index (κ1) is 16.6. The molecule has 0 saturated carbocycles. The molecule has 5 heteroatoms. The Morgan fingerprint density at radius 1 is 1.12 bits per heavy atom. The van der Waals surface area contributed by atoms with E-state index >= 15 is 0 Å². The van der Waals surface area contributed by atoms with Gasteiger partial charge in [0.25, 0.3) is 0 Å². The van der Waals surface area contributed by atoms with Gasteiger partial charge in [0.05, 0.1) is 19.4 Å². The lowest BCUT2D eigenvalue weighted by Gasteiger charge is -2.26. The topological polar surface area (TPSA) is 48.7 Å². The van der Waals surface area contributed by atoms with Gasteiger partial charge in [0.1, 0.15) is 5.76 Å². The third-order valence-electron chi connectivity index (χ3n) is 4.38. The van der Waals surface area contributed by atoms with Gasteiger partial charge in [-0.25, -0.2) is 0 Å². The highest BCUT2D eigenvalue weighted by molar-refractivity contribution is 5.81. The van der Waals surface area contributed by atoms with Crippen LogP contribution in [-0.4, -0.2) is 43.5 Å². The van der Waals surface area contributed by atoms with Crippen molar-refractivity contribution in [1.29, 1.82) is 0 Å². The van der Waals surface area contributed by atoms with Gasteiger partial charge in [0.2, 0.25) is 5.91 Å². The number of para-hydroxylation sites is 1. The molecule has 128 valence electrons. The van der Waals surface area contributed by atoms with Crippen molar-refractivity contribution in [3.8, 4) is 0 Å². The maximum Gasteiger partial charge on any atom is 0.239 e. The van der Waals surface area contributed by atoms with Crippen LogP contribution in [0.5, 0.6) is 0 Å². The molecular weight excluding hydrogens is 302 g/mol. The highest BCUT2D eigenvalue weighted by Crippen LogP contribution is 2.14. The number of rotatable bonds is 8. The summed E-state index contributed by atoms with van der Waals surface area (Å²) >= 11 is 0. The minimum atomic E-state index is 0.0108. The van der Waals surface area contributed by atoms with Crippen LogP contribution in [0.4, 0.5) is 5.69 Å². The van der Waals surface area contributed by atoms with Gasteiger partial charge in [0.15, 0.2) is 0 Å². The van der Waals surface area contributed by atoms with Crippen LogP contribution < -0.4 is 10.2 Å². The summed E-state index contributed by atoms with van der Waals surface area (Å²) in [7, 11) is 0. The smallest absolute Gasteiger partial charge is 0.239 e. The van der Waals surface area contributed by atoms with Crippen LogP contribution in [0.25, 0.3) is 0 Å². The normalized spacial score (nSPS) is 14.7. The molecule has 1 aromatic heterocycles. The van der Waals surface area contributed by atoms with E-state index in [1.54, 1.807) is 6.26 Å². The zero-order valence-corrected chi connectivity index (χ0v) is 14.0. The first-order valence-corrected chi connectivity index (χ1v) is 8.63. The summed E-state index contributed by atoms with van der Waals surface area (Å²) in [5.41, 5.74) is 1.09. The molecule has 1 aliphatic rings. The van der Waals surface area contributed by atoms with Crippen molar-refractivity contribution in [3.05, 3.63) is 54.5 Å². The fourth-order valence-electron chi connectivity index (χ4n) is 3.03. The monoisotopic (exact) mass is 327 g/mol. The van der Waals surface area contributed by atoms with Crippen molar-refractivity contribution in [2.24, 2.45) is 0 Å². The zero-order valence-electron chi connectivity index (χ0n) is 14.0. The van der Waals surface area contributed by atoms with Gasteiger partial charge in [-0.1, -0.05) is 18.2 Å². The van der Waals surface area contributed by atoms with Gasteiger partial charge in [-0.2, -0.15) is 0 Å². The summed E-state index contributed by atoms with van der Waals surface area (Å²) in [5.74, 6) is 0.781. The van der Waals surface area contributed by atoms with Crippen molar-refractivity contribution in [1.82, 2.24) is 10.2 Å². The molecule has 0 spiro atoms. The lowest BCUT2D eigenvalue weighted by atomic mass is 10.2. The first-order chi connectivity index (χ1) is 11.8. The number of nitrogens with zero attached hydrogens (tertiary/aromatic N) is 2. The molecule has 3 rings (SSSR count). The number of furan rings is 1. The second-order valence-corrected chi connectivity index (χ2v) is 6.16. The molecule has 2 aromatic rings. The van der Waals surface area contributed by atoms with Crippen molar-refractivity contribution in [3.63, 3.8) is 0 Å². The summed E-state index contributed by atoms with van der Waals surface area (Å²) in [5, 5.41) is 2.93. The summed E-state index contributed by atoms with van der Waals surface area (Å²) in [6.07, 6.45) is 4.19. The maximum absolute atomic E-state index is 12.3. The Bertz CT molecular complexity index is 607. The molecule has 24 heavy (non-hydrogen) atoms. The second-order valence-electron chi connectivity index (χ2n) is 6.16. The van der Waals surface area contributed by atoms with Crippen LogP contribution >= 0.6 is 0 Å². The average molecular weight is 327 g/mol. The minimum absolute atomic E-state index is 0.0108. The number of amides is 1. The molecule has 0 atom stereocenters. The minimum Gasteiger partial charge on any atom is -0.467 e. The quantitative estimate of drug-likeness (QED) is 0.809. The Kier molecular flexibility index (Phi) is 5.90. The van der Waals surface area contributed by atoms with Crippen LogP contribution in [0.2, 0.25) is 0 Å². The molecule has 0 bridgehead atoms. The number of nitrogens with one attached hydrogen (secondary N) is 1. The van der Waals surface area contributed by atoms with E-state index in [0.29, 0.717) is 13.1 Å². The Morgan fingerprint density at radius 3 is 2.62 bits per heavy atom. The Morgan fingerprint density at radius 2 is 1.92 bits per heavy atom. The summed E-state index contributed by atoms with van der Waals surface area (Å²) in [6, 6.07) is 13.8. The van der Waals surface area contributed by atoms with Gasteiger partial charge < -0.3 is 19.5 Å². The van der Waals surface area contributed by atoms with Crippen LogP contribution in [0.1, 0.15) is 18.6 Å². The number of hydrogen-bond acceptors (Lipinski definition) is 4. The van der Waals surface area contributed by atoms with E-state index in [0.717, 1.165) is 24.5 Å². The number of carbonyl (C=O) groups excluding carboxylic acids is 1. The molecule has 1 fully saturated rings. The Hall–Kier alpha value is -2.27. The summed E-state index contributed by atoms with van der Waals surface area (Å²) in [6.45, 7) is 5.00. The van der Waals surface area contributed by atoms with Crippen LogP contribution in [-0.2, 0) is 11.3 Å². The van der Waals surface area contributed by atoms with E-state index < -0.39 is 0 Å². The highest BCUT2D eigenvalue weighted by atomic mass is 16.3. The third-order valence-corrected chi connectivity index (χ3v) is 4.38. The maximum atomic E-state index is 12.3. The first-order valence-electron chi connectivity index (χ1n) is 8.63. The molecule has 0 aliphatic carbocycles. The predicted molar refractivity (Wildman–Crippen MR) is 94.9 cm³/mol. The molecule has 1 saturated heterocycles. The Labute approximate surface area is 143 Å². The molecule has 1 aliphatic heterocycles. The van der Waals surface area contributed by atoms with Crippen molar-refractivity contribution >= 4 is 11.6 Å². The molecule has 1 aromatic carbocycles. The van der Waals surface area contributed by atoms with Crippen molar-refractivity contribution < 1.29 is 9.21 Å². The predicted octanol–water partition coefficient (Wildman–Crippen LogP) is 2.50. The number of hydrogen-bond donors (Lipinski definition) is 1. The van der Waals surface area contributed by atoms with Gasteiger partial charge >= 0.3 is 0 Å². The number of anilines is 1. The fraction of sp³-hybridized carbons (Fsp3) is 0.421. The largest absolute Gasteiger partial charge is 0.467 e. The van der Waals surface area contributed by atoms with Crippen LogP contribution in [0.3, 0.4) is 0 Å². The highest BCUT2D eigenvalue weighted by Gasteiger charge is 2.16. The summed E-state index contributed by atoms with van der Waals surface area (Å²) in [4.78, 5) is 16.9. The average Bonchev–Trinajstić information content (AvgIpc) is 3.31. The summed E-state index contributed by atoms with van der Waals surface area (Å²) < 4.78 is 5.25. The van der Waals surface area contributed by atoms with Gasteiger partial charge in [0, 0.05) is 18.8 Å². The van der Waals surface area contributed by atoms with E-state index in [1.165, 1.54) is 25.9 Å². The van der Waals surface area contributed by atoms with Gasteiger partial charge in [-0.05, 0) is 50.2 Å². The van der Waals surface area contributed by atoms with E-state index in [1.807, 2.05) is 30.3 Å². The third kappa shape index (κ3) is 4.86. The molecule has 1 N–H and O–H groups in total.